The van der Waals surface area contributed by atoms with Crippen LogP contribution in [0.3, 0.4) is 0 Å². The van der Waals surface area contributed by atoms with E-state index >= 15 is 0 Å². The summed E-state index contributed by atoms with van der Waals surface area (Å²) in [6.07, 6.45) is 1.79. The van der Waals surface area contributed by atoms with Gasteiger partial charge in [0.15, 0.2) is 0 Å². The SMILES string of the molecule is C=CCOC(=O)[C@@H](Cc1ccccc1)NC(=O)Nc1cccc(Cl)c1. The molecule has 2 aromatic rings. The van der Waals surface area contributed by atoms with Crippen molar-refractivity contribution >= 4 is 29.3 Å². The minimum atomic E-state index is -0.818. The van der Waals surface area contributed by atoms with Crippen LogP contribution in [-0.2, 0) is 16.0 Å². The van der Waals surface area contributed by atoms with E-state index in [0.717, 1.165) is 5.56 Å². The molecule has 0 aromatic heterocycles. The lowest BCUT2D eigenvalue weighted by Crippen LogP contribution is -2.45. The summed E-state index contributed by atoms with van der Waals surface area (Å²) in [5.41, 5.74) is 1.44. The number of nitrogens with one attached hydrogen (secondary N) is 2. The van der Waals surface area contributed by atoms with Crippen molar-refractivity contribution in [2.75, 3.05) is 11.9 Å². The number of benzene rings is 2. The van der Waals surface area contributed by atoms with E-state index in [4.69, 9.17) is 16.3 Å². The number of ether oxygens (including phenoxy) is 1. The number of anilines is 1. The zero-order valence-electron chi connectivity index (χ0n) is 13.6. The predicted octanol–water partition coefficient (Wildman–Crippen LogP) is 3.80. The molecule has 0 fully saturated rings. The Morgan fingerprint density at radius 2 is 1.92 bits per heavy atom. The Bertz CT molecular complexity index is 734. The number of amides is 2. The largest absolute Gasteiger partial charge is 0.460 e. The summed E-state index contributed by atoms with van der Waals surface area (Å²) < 4.78 is 5.08. The van der Waals surface area contributed by atoms with Crippen molar-refractivity contribution in [3.05, 3.63) is 77.8 Å². The van der Waals surface area contributed by atoms with Crippen LogP contribution in [0.1, 0.15) is 5.56 Å². The third-order valence-corrected chi connectivity index (χ3v) is 3.53. The van der Waals surface area contributed by atoms with Crippen molar-refractivity contribution in [1.29, 1.82) is 0 Å². The fourth-order valence-electron chi connectivity index (χ4n) is 2.18. The molecule has 0 spiro atoms. The fourth-order valence-corrected chi connectivity index (χ4v) is 2.37. The molecule has 0 aliphatic carbocycles. The molecule has 2 amide bonds. The number of urea groups is 1. The maximum atomic E-state index is 12.2. The molecular formula is C19H19ClN2O3. The van der Waals surface area contributed by atoms with Crippen LogP contribution in [-0.4, -0.2) is 24.6 Å². The van der Waals surface area contributed by atoms with E-state index in [1.807, 2.05) is 30.3 Å². The van der Waals surface area contributed by atoms with E-state index in [1.165, 1.54) is 6.08 Å². The van der Waals surface area contributed by atoms with Crippen LogP contribution in [0, 0.1) is 0 Å². The third-order valence-electron chi connectivity index (χ3n) is 3.30. The lowest BCUT2D eigenvalue weighted by molar-refractivity contribution is -0.144. The molecule has 130 valence electrons. The highest BCUT2D eigenvalue weighted by Gasteiger charge is 2.22. The van der Waals surface area contributed by atoms with E-state index in [9.17, 15) is 9.59 Å². The molecule has 2 rings (SSSR count). The molecule has 1 atom stereocenters. The van der Waals surface area contributed by atoms with Gasteiger partial charge in [0.25, 0.3) is 0 Å². The number of hydrogen-bond acceptors (Lipinski definition) is 3. The van der Waals surface area contributed by atoms with Crippen molar-refractivity contribution in [3.63, 3.8) is 0 Å². The molecule has 25 heavy (non-hydrogen) atoms. The first kappa shape index (κ1) is 18.5. The zero-order chi connectivity index (χ0) is 18.1. The lowest BCUT2D eigenvalue weighted by atomic mass is 10.1. The molecule has 2 aromatic carbocycles. The van der Waals surface area contributed by atoms with Gasteiger partial charge in [-0.15, -0.1) is 0 Å². The Morgan fingerprint density at radius 3 is 2.60 bits per heavy atom. The highest BCUT2D eigenvalue weighted by Crippen LogP contribution is 2.15. The molecule has 0 aliphatic rings. The first-order valence-electron chi connectivity index (χ1n) is 7.73. The van der Waals surface area contributed by atoms with Gasteiger partial charge in [-0.25, -0.2) is 9.59 Å². The molecule has 5 nitrogen and oxygen atoms in total. The minimum absolute atomic E-state index is 0.0850. The summed E-state index contributed by atoms with van der Waals surface area (Å²) in [5, 5.41) is 5.79. The second-order valence-electron chi connectivity index (χ2n) is 5.27. The van der Waals surface area contributed by atoms with Crippen LogP contribution in [0.25, 0.3) is 0 Å². The number of rotatable bonds is 7. The van der Waals surface area contributed by atoms with Gasteiger partial charge in [-0.3, -0.25) is 0 Å². The Morgan fingerprint density at radius 1 is 1.16 bits per heavy atom. The first-order valence-corrected chi connectivity index (χ1v) is 8.11. The highest BCUT2D eigenvalue weighted by molar-refractivity contribution is 6.30. The van der Waals surface area contributed by atoms with Gasteiger partial charge >= 0.3 is 12.0 Å². The van der Waals surface area contributed by atoms with Crippen LogP contribution in [0.2, 0.25) is 5.02 Å². The van der Waals surface area contributed by atoms with Crippen molar-refractivity contribution in [1.82, 2.24) is 5.32 Å². The Hall–Kier alpha value is -2.79. The van der Waals surface area contributed by atoms with Crippen molar-refractivity contribution in [2.45, 2.75) is 12.5 Å². The van der Waals surface area contributed by atoms with Gasteiger partial charge in [0.1, 0.15) is 12.6 Å². The van der Waals surface area contributed by atoms with Gasteiger partial charge in [0.2, 0.25) is 0 Å². The number of halogens is 1. The van der Waals surface area contributed by atoms with Gasteiger partial charge in [0.05, 0.1) is 0 Å². The van der Waals surface area contributed by atoms with Crippen molar-refractivity contribution in [3.8, 4) is 0 Å². The molecule has 0 saturated carbocycles. The van der Waals surface area contributed by atoms with Gasteiger partial charge in [-0.05, 0) is 23.8 Å². The molecule has 0 bridgehead atoms. The quantitative estimate of drug-likeness (QED) is 0.584. The van der Waals surface area contributed by atoms with E-state index in [1.54, 1.807) is 24.3 Å². The predicted molar refractivity (Wildman–Crippen MR) is 98.7 cm³/mol. The lowest BCUT2D eigenvalue weighted by Gasteiger charge is -2.18. The van der Waals surface area contributed by atoms with Crippen LogP contribution in [0.5, 0.6) is 0 Å². The minimum Gasteiger partial charge on any atom is -0.460 e. The number of hydrogen-bond donors (Lipinski definition) is 2. The van der Waals surface area contributed by atoms with Gasteiger partial charge < -0.3 is 15.4 Å². The molecule has 0 heterocycles. The van der Waals surface area contributed by atoms with E-state index in [2.05, 4.69) is 17.2 Å². The summed E-state index contributed by atoms with van der Waals surface area (Å²) in [4.78, 5) is 24.4. The highest BCUT2D eigenvalue weighted by atomic mass is 35.5. The number of carbonyl (C=O) groups excluding carboxylic acids is 2. The topological polar surface area (TPSA) is 67.4 Å². The molecule has 0 unspecified atom stereocenters. The monoisotopic (exact) mass is 358 g/mol. The molecular weight excluding hydrogens is 340 g/mol. The molecule has 2 N–H and O–H groups in total. The van der Waals surface area contributed by atoms with Gasteiger partial charge in [0, 0.05) is 17.1 Å². The normalized spacial score (nSPS) is 11.2. The Labute approximate surface area is 151 Å². The summed E-state index contributed by atoms with van der Waals surface area (Å²) in [6, 6.07) is 14.8. The van der Waals surface area contributed by atoms with Crippen molar-refractivity contribution in [2.24, 2.45) is 0 Å². The third kappa shape index (κ3) is 6.31. The van der Waals surface area contributed by atoms with Crippen LogP contribution in [0.15, 0.2) is 67.3 Å². The van der Waals surface area contributed by atoms with Crippen LogP contribution >= 0.6 is 11.6 Å². The maximum absolute atomic E-state index is 12.2. The van der Waals surface area contributed by atoms with Gasteiger partial charge in [-0.2, -0.15) is 0 Å². The summed E-state index contributed by atoms with van der Waals surface area (Å²) in [6.45, 7) is 3.60. The first-order chi connectivity index (χ1) is 12.1. The summed E-state index contributed by atoms with van der Waals surface area (Å²) >= 11 is 5.89. The summed E-state index contributed by atoms with van der Waals surface area (Å²) in [5.74, 6) is -0.523. The molecule has 0 saturated heterocycles. The average Bonchev–Trinajstić information content (AvgIpc) is 2.60. The standard InChI is InChI=1S/C19H19ClN2O3/c1-2-11-25-18(23)17(12-14-7-4-3-5-8-14)22-19(24)21-16-10-6-9-15(20)13-16/h2-10,13,17H,1,11-12H2,(H2,21,22,24)/t17-/m1/s1. The summed E-state index contributed by atoms with van der Waals surface area (Å²) in [7, 11) is 0. The maximum Gasteiger partial charge on any atom is 0.329 e. The van der Waals surface area contributed by atoms with Crippen LogP contribution < -0.4 is 10.6 Å². The smallest absolute Gasteiger partial charge is 0.329 e. The second kappa shape index (κ2) is 9.49. The molecule has 0 radical (unpaired) electrons. The molecule has 0 aliphatic heterocycles. The molecule has 6 heteroatoms. The van der Waals surface area contributed by atoms with Gasteiger partial charge in [-0.1, -0.05) is 60.7 Å². The van der Waals surface area contributed by atoms with Crippen LogP contribution in [0.4, 0.5) is 10.5 Å². The Balaban J connectivity index is 2.04. The number of esters is 1. The van der Waals surface area contributed by atoms with Crippen molar-refractivity contribution < 1.29 is 14.3 Å². The average molecular weight is 359 g/mol. The Kier molecular flexibility index (Phi) is 7.04. The zero-order valence-corrected chi connectivity index (χ0v) is 14.3. The van der Waals surface area contributed by atoms with E-state index in [-0.39, 0.29) is 6.61 Å². The second-order valence-corrected chi connectivity index (χ2v) is 5.71. The fraction of sp³-hybridized carbons (Fsp3) is 0.158. The van der Waals surface area contributed by atoms with E-state index in [0.29, 0.717) is 17.1 Å². The number of carbonyl (C=O) groups is 2. The van der Waals surface area contributed by atoms with E-state index < -0.39 is 18.0 Å².